The number of carbonyl (C=O) groups excluding carboxylic acids is 1. The molecule has 1 aliphatic heterocycles. The average molecular weight is 251 g/mol. The zero-order valence-electron chi connectivity index (χ0n) is 10.2. The largest absolute Gasteiger partial charge is 0.397 e. The lowest BCUT2D eigenvalue weighted by atomic mass is 9.93. The molecule has 1 fully saturated rings. The Morgan fingerprint density at radius 2 is 2.06 bits per heavy atom. The van der Waals surface area contributed by atoms with Crippen molar-refractivity contribution < 1.29 is 9.18 Å². The molecule has 4 N–H and O–H groups in total. The Morgan fingerprint density at radius 1 is 1.39 bits per heavy atom. The van der Waals surface area contributed by atoms with Crippen molar-refractivity contribution in [3.05, 3.63) is 24.0 Å². The van der Waals surface area contributed by atoms with Crippen LogP contribution in [0.15, 0.2) is 18.2 Å². The third-order valence-corrected chi connectivity index (χ3v) is 3.44. The molecule has 2 rings (SSSR count). The summed E-state index contributed by atoms with van der Waals surface area (Å²) in [7, 11) is 0. The zero-order valence-corrected chi connectivity index (χ0v) is 10.2. The normalized spacial score (nSPS) is 16.8. The number of rotatable bonds is 3. The maximum atomic E-state index is 13.2. The van der Waals surface area contributed by atoms with Crippen LogP contribution >= 0.6 is 0 Å². The molecular weight excluding hydrogens is 233 g/mol. The van der Waals surface area contributed by atoms with Gasteiger partial charge in [0.2, 0.25) is 5.91 Å². The highest BCUT2D eigenvalue weighted by Crippen LogP contribution is 2.29. The molecule has 1 amide bonds. The fourth-order valence-corrected chi connectivity index (χ4v) is 2.45. The van der Waals surface area contributed by atoms with Crippen LogP contribution in [0.3, 0.4) is 0 Å². The molecule has 0 spiro atoms. The van der Waals surface area contributed by atoms with Crippen molar-refractivity contribution >= 4 is 17.3 Å². The molecule has 0 aliphatic carbocycles. The van der Waals surface area contributed by atoms with Crippen molar-refractivity contribution in [2.45, 2.75) is 19.3 Å². The predicted molar refractivity (Wildman–Crippen MR) is 69.6 cm³/mol. The molecule has 0 bridgehead atoms. The van der Waals surface area contributed by atoms with Gasteiger partial charge in [-0.3, -0.25) is 4.79 Å². The van der Waals surface area contributed by atoms with Crippen LogP contribution in [0.1, 0.15) is 19.3 Å². The molecule has 5 heteroatoms. The van der Waals surface area contributed by atoms with Crippen molar-refractivity contribution in [1.82, 2.24) is 0 Å². The van der Waals surface area contributed by atoms with E-state index >= 15 is 0 Å². The quantitative estimate of drug-likeness (QED) is 0.800. The number of anilines is 2. The number of carbonyl (C=O) groups is 1. The molecule has 98 valence electrons. The van der Waals surface area contributed by atoms with E-state index in [1.165, 1.54) is 12.1 Å². The number of nitrogens with zero attached hydrogens (tertiary/aromatic N) is 1. The molecule has 1 saturated heterocycles. The maximum Gasteiger partial charge on any atom is 0.217 e. The van der Waals surface area contributed by atoms with Crippen LogP contribution in [0.4, 0.5) is 15.8 Å². The van der Waals surface area contributed by atoms with Crippen LogP contribution in [0.5, 0.6) is 0 Å². The van der Waals surface area contributed by atoms with Gasteiger partial charge in [0.25, 0.3) is 0 Å². The second-order valence-corrected chi connectivity index (χ2v) is 4.80. The minimum absolute atomic E-state index is 0.251. The summed E-state index contributed by atoms with van der Waals surface area (Å²) < 4.78 is 13.2. The van der Waals surface area contributed by atoms with E-state index in [4.69, 9.17) is 11.5 Å². The molecule has 1 aliphatic rings. The Balaban J connectivity index is 2.01. The molecule has 18 heavy (non-hydrogen) atoms. The van der Waals surface area contributed by atoms with Gasteiger partial charge in [-0.15, -0.1) is 0 Å². The van der Waals surface area contributed by atoms with E-state index in [-0.39, 0.29) is 11.7 Å². The first kappa shape index (κ1) is 12.7. The second kappa shape index (κ2) is 5.25. The number of hydrogen-bond acceptors (Lipinski definition) is 3. The van der Waals surface area contributed by atoms with Gasteiger partial charge in [-0.25, -0.2) is 4.39 Å². The maximum absolute atomic E-state index is 13.2. The van der Waals surface area contributed by atoms with E-state index in [0.29, 0.717) is 18.0 Å². The Bertz CT molecular complexity index is 442. The predicted octanol–water partition coefficient (Wildman–Crippen LogP) is 1.50. The third-order valence-electron chi connectivity index (χ3n) is 3.44. The highest BCUT2D eigenvalue weighted by Gasteiger charge is 2.22. The molecular formula is C13H18FN3O. The number of nitrogen functional groups attached to an aromatic ring is 1. The average Bonchev–Trinajstić information content (AvgIpc) is 2.33. The standard InChI is InChI=1S/C13H18FN3O/c14-10-1-2-11(15)12(8-10)17-5-3-9(4-6-17)7-13(16)18/h1-2,8-9H,3-7,15H2,(H2,16,18). The van der Waals surface area contributed by atoms with Crippen LogP contribution < -0.4 is 16.4 Å². The van der Waals surface area contributed by atoms with E-state index in [9.17, 15) is 9.18 Å². The molecule has 0 atom stereocenters. The van der Waals surface area contributed by atoms with Gasteiger partial charge in [-0.1, -0.05) is 0 Å². The monoisotopic (exact) mass is 251 g/mol. The summed E-state index contributed by atoms with van der Waals surface area (Å²) in [6, 6.07) is 4.41. The number of halogens is 1. The minimum atomic E-state index is -0.279. The molecule has 0 saturated carbocycles. The number of piperidine rings is 1. The summed E-state index contributed by atoms with van der Waals surface area (Å²) in [6.45, 7) is 1.57. The fourth-order valence-electron chi connectivity index (χ4n) is 2.45. The summed E-state index contributed by atoms with van der Waals surface area (Å²) >= 11 is 0. The van der Waals surface area contributed by atoms with Gasteiger partial charge in [0.05, 0.1) is 11.4 Å². The van der Waals surface area contributed by atoms with E-state index in [0.717, 1.165) is 31.6 Å². The zero-order chi connectivity index (χ0) is 13.1. The summed E-state index contributed by atoms with van der Waals surface area (Å²) in [5, 5.41) is 0. The van der Waals surface area contributed by atoms with Gasteiger partial charge >= 0.3 is 0 Å². The Labute approximate surface area is 106 Å². The molecule has 0 radical (unpaired) electrons. The molecule has 1 heterocycles. The van der Waals surface area contributed by atoms with Crippen LogP contribution in [0.25, 0.3) is 0 Å². The highest BCUT2D eigenvalue weighted by molar-refractivity contribution is 5.74. The molecule has 1 aromatic rings. The number of hydrogen-bond donors (Lipinski definition) is 2. The fraction of sp³-hybridized carbons (Fsp3) is 0.462. The van der Waals surface area contributed by atoms with Crippen molar-refractivity contribution in [3.8, 4) is 0 Å². The van der Waals surface area contributed by atoms with Crippen molar-refractivity contribution in [2.75, 3.05) is 23.7 Å². The first-order valence-corrected chi connectivity index (χ1v) is 6.14. The van der Waals surface area contributed by atoms with Gasteiger partial charge < -0.3 is 16.4 Å². The van der Waals surface area contributed by atoms with Crippen molar-refractivity contribution in [3.63, 3.8) is 0 Å². The smallest absolute Gasteiger partial charge is 0.217 e. The summed E-state index contributed by atoms with van der Waals surface area (Å²) in [5.74, 6) is -0.189. The second-order valence-electron chi connectivity index (χ2n) is 4.80. The Morgan fingerprint density at radius 3 is 2.67 bits per heavy atom. The van der Waals surface area contributed by atoms with Gasteiger partial charge in [0, 0.05) is 19.5 Å². The van der Waals surface area contributed by atoms with Crippen LogP contribution in [-0.2, 0) is 4.79 Å². The summed E-state index contributed by atoms with van der Waals surface area (Å²) in [6.07, 6.45) is 2.21. The van der Waals surface area contributed by atoms with Crippen LogP contribution in [0.2, 0.25) is 0 Å². The first-order chi connectivity index (χ1) is 8.56. The molecule has 1 aromatic carbocycles. The van der Waals surface area contributed by atoms with Gasteiger partial charge in [-0.05, 0) is 37.0 Å². The lowest BCUT2D eigenvalue weighted by Gasteiger charge is -2.33. The SMILES string of the molecule is NC(=O)CC1CCN(c2cc(F)ccc2N)CC1. The van der Waals surface area contributed by atoms with Crippen LogP contribution in [-0.4, -0.2) is 19.0 Å². The lowest BCUT2D eigenvalue weighted by molar-refractivity contribution is -0.119. The van der Waals surface area contributed by atoms with E-state index < -0.39 is 0 Å². The first-order valence-electron chi connectivity index (χ1n) is 6.14. The third kappa shape index (κ3) is 2.91. The number of amides is 1. The van der Waals surface area contributed by atoms with Gasteiger partial charge in [-0.2, -0.15) is 0 Å². The Hall–Kier alpha value is -1.78. The molecule has 4 nitrogen and oxygen atoms in total. The summed E-state index contributed by atoms with van der Waals surface area (Å²) in [4.78, 5) is 12.9. The van der Waals surface area contributed by atoms with Crippen LogP contribution in [0, 0.1) is 11.7 Å². The number of nitrogens with two attached hydrogens (primary N) is 2. The topological polar surface area (TPSA) is 72.4 Å². The lowest BCUT2D eigenvalue weighted by Crippen LogP contribution is -2.35. The molecule has 0 unspecified atom stereocenters. The highest BCUT2D eigenvalue weighted by atomic mass is 19.1. The van der Waals surface area contributed by atoms with Crippen molar-refractivity contribution in [1.29, 1.82) is 0 Å². The number of benzene rings is 1. The Kier molecular flexibility index (Phi) is 3.69. The number of primary amides is 1. The van der Waals surface area contributed by atoms with E-state index in [1.54, 1.807) is 6.07 Å². The van der Waals surface area contributed by atoms with E-state index in [1.807, 2.05) is 0 Å². The van der Waals surface area contributed by atoms with Gasteiger partial charge in [0.1, 0.15) is 5.82 Å². The van der Waals surface area contributed by atoms with Crippen molar-refractivity contribution in [2.24, 2.45) is 11.7 Å². The summed E-state index contributed by atoms with van der Waals surface area (Å²) in [5.41, 5.74) is 12.4. The van der Waals surface area contributed by atoms with E-state index in [2.05, 4.69) is 4.90 Å². The molecule has 0 aromatic heterocycles. The minimum Gasteiger partial charge on any atom is -0.397 e. The van der Waals surface area contributed by atoms with Gasteiger partial charge in [0.15, 0.2) is 0 Å².